The molecule has 2 rings (SSSR count). The Hall–Kier alpha value is -1.86. The number of rotatable bonds is 5. The maximum atomic E-state index is 12.8. The molecule has 0 aliphatic carbocycles. The van der Waals surface area contributed by atoms with Gasteiger partial charge in [-0.3, -0.25) is 0 Å². The molecular formula is C14H20N4O2S. The molecule has 1 heterocycles. The van der Waals surface area contributed by atoms with Gasteiger partial charge in [0.2, 0.25) is 10.0 Å². The maximum Gasteiger partial charge on any atom is 0.243 e. The van der Waals surface area contributed by atoms with Crippen molar-refractivity contribution in [1.82, 2.24) is 14.3 Å². The van der Waals surface area contributed by atoms with Gasteiger partial charge >= 0.3 is 0 Å². The molecular weight excluding hydrogens is 288 g/mol. The Bertz CT molecular complexity index is 700. The van der Waals surface area contributed by atoms with E-state index in [1.54, 1.807) is 33.3 Å². The summed E-state index contributed by atoms with van der Waals surface area (Å²) in [5.41, 5.74) is 2.36. The fourth-order valence-corrected chi connectivity index (χ4v) is 3.87. The molecule has 0 aliphatic heterocycles. The molecule has 0 saturated carbocycles. The molecule has 1 aromatic heterocycles. The van der Waals surface area contributed by atoms with E-state index in [9.17, 15) is 8.42 Å². The number of hydrogen-bond donors (Lipinski definition) is 2. The number of aromatic nitrogens is 2. The monoisotopic (exact) mass is 308 g/mol. The second kappa shape index (κ2) is 5.87. The summed E-state index contributed by atoms with van der Waals surface area (Å²) in [5.74, 6) is 0.614. The lowest BCUT2D eigenvalue weighted by Crippen LogP contribution is -2.28. The third kappa shape index (κ3) is 3.08. The molecule has 0 aliphatic rings. The first-order valence-electron chi connectivity index (χ1n) is 6.60. The van der Waals surface area contributed by atoms with Crippen molar-refractivity contribution in [2.24, 2.45) is 0 Å². The Morgan fingerprint density at radius 2 is 1.90 bits per heavy atom. The minimum Gasteiger partial charge on any atom is -0.388 e. The third-order valence-electron chi connectivity index (χ3n) is 3.34. The molecule has 2 N–H and O–H groups in total. The number of hydrogen-bond acceptors (Lipinski definition) is 4. The highest BCUT2D eigenvalue weighted by molar-refractivity contribution is 7.89. The fourth-order valence-electron chi connectivity index (χ4n) is 2.34. The zero-order chi connectivity index (χ0) is 15.6. The van der Waals surface area contributed by atoms with Gasteiger partial charge < -0.3 is 10.3 Å². The van der Waals surface area contributed by atoms with Gasteiger partial charge in [0.05, 0.1) is 11.4 Å². The van der Waals surface area contributed by atoms with Crippen LogP contribution in [0.3, 0.4) is 0 Å². The standard InChI is InChI=1S/C14H20N4O2S/c1-10-7-12(15-3)8-11(2)14(10)21(19,20)18(4)9-13-16-5-6-17-13/h5-8,15H,9H2,1-4H3,(H,16,17). The Balaban J connectivity index is 2.39. The van der Waals surface area contributed by atoms with Crippen molar-refractivity contribution in [3.8, 4) is 0 Å². The summed E-state index contributed by atoms with van der Waals surface area (Å²) < 4.78 is 26.8. The predicted molar refractivity (Wildman–Crippen MR) is 82.7 cm³/mol. The lowest BCUT2D eigenvalue weighted by atomic mass is 10.1. The van der Waals surface area contributed by atoms with Crippen molar-refractivity contribution in [3.05, 3.63) is 41.5 Å². The van der Waals surface area contributed by atoms with Crippen molar-refractivity contribution >= 4 is 15.7 Å². The molecule has 1 aromatic carbocycles. The third-order valence-corrected chi connectivity index (χ3v) is 5.45. The van der Waals surface area contributed by atoms with Gasteiger partial charge in [-0.05, 0) is 37.1 Å². The van der Waals surface area contributed by atoms with Crippen LogP contribution in [0, 0.1) is 13.8 Å². The first-order chi connectivity index (χ1) is 9.86. The van der Waals surface area contributed by atoms with E-state index in [-0.39, 0.29) is 6.54 Å². The SMILES string of the molecule is CNc1cc(C)c(S(=O)(=O)N(C)Cc2ncc[nH]2)c(C)c1. The molecule has 0 amide bonds. The number of imidazole rings is 1. The highest BCUT2D eigenvalue weighted by Crippen LogP contribution is 2.27. The summed E-state index contributed by atoms with van der Waals surface area (Å²) in [7, 11) is -0.187. The highest BCUT2D eigenvalue weighted by atomic mass is 32.2. The lowest BCUT2D eigenvalue weighted by molar-refractivity contribution is 0.457. The van der Waals surface area contributed by atoms with Crippen LogP contribution in [0.2, 0.25) is 0 Å². The molecule has 0 atom stereocenters. The van der Waals surface area contributed by atoms with Crippen LogP contribution in [-0.2, 0) is 16.6 Å². The molecule has 0 fully saturated rings. The minimum absolute atomic E-state index is 0.210. The van der Waals surface area contributed by atoms with Crippen molar-refractivity contribution < 1.29 is 8.42 Å². The zero-order valence-electron chi connectivity index (χ0n) is 12.6. The van der Waals surface area contributed by atoms with E-state index in [0.29, 0.717) is 10.7 Å². The number of nitrogens with zero attached hydrogens (tertiary/aromatic N) is 2. The van der Waals surface area contributed by atoms with Crippen molar-refractivity contribution in [2.75, 3.05) is 19.4 Å². The molecule has 21 heavy (non-hydrogen) atoms. The van der Waals surface area contributed by atoms with Crippen molar-refractivity contribution in [2.45, 2.75) is 25.3 Å². The largest absolute Gasteiger partial charge is 0.388 e. The molecule has 0 bridgehead atoms. The summed E-state index contributed by atoms with van der Waals surface area (Å²) in [5, 5.41) is 3.03. The average Bonchev–Trinajstić information content (AvgIpc) is 2.90. The first kappa shape index (κ1) is 15.5. The first-order valence-corrected chi connectivity index (χ1v) is 8.04. The van der Waals surface area contributed by atoms with E-state index < -0.39 is 10.0 Å². The number of aromatic amines is 1. The molecule has 114 valence electrons. The Morgan fingerprint density at radius 3 is 2.38 bits per heavy atom. The summed E-state index contributed by atoms with van der Waals surface area (Å²) in [6.45, 7) is 3.82. The van der Waals surface area contributed by atoms with Crippen molar-refractivity contribution in [3.63, 3.8) is 0 Å². The van der Waals surface area contributed by atoms with Crippen LogP contribution in [0.4, 0.5) is 5.69 Å². The maximum absolute atomic E-state index is 12.8. The molecule has 0 unspecified atom stereocenters. The zero-order valence-corrected chi connectivity index (χ0v) is 13.5. The topological polar surface area (TPSA) is 78.1 Å². The van der Waals surface area contributed by atoms with Crippen molar-refractivity contribution in [1.29, 1.82) is 0 Å². The summed E-state index contributed by atoms with van der Waals surface area (Å²) in [6, 6.07) is 3.67. The Kier molecular flexibility index (Phi) is 4.34. The van der Waals surface area contributed by atoms with Crippen LogP contribution in [0.15, 0.2) is 29.4 Å². The number of H-pyrrole nitrogens is 1. The molecule has 0 spiro atoms. The van der Waals surface area contributed by atoms with Crippen LogP contribution < -0.4 is 5.32 Å². The van der Waals surface area contributed by atoms with Gasteiger partial charge in [0.25, 0.3) is 0 Å². The van der Waals surface area contributed by atoms with E-state index in [4.69, 9.17) is 0 Å². The summed E-state index contributed by atoms with van der Waals surface area (Å²) >= 11 is 0. The van der Waals surface area contributed by atoms with E-state index in [1.807, 2.05) is 19.2 Å². The van der Waals surface area contributed by atoms with Crippen LogP contribution in [0.25, 0.3) is 0 Å². The Morgan fingerprint density at radius 1 is 1.29 bits per heavy atom. The smallest absolute Gasteiger partial charge is 0.243 e. The Labute approximate surface area is 125 Å². The molecule has 0 saturated heterocycles. The highest BCUT2D eigenvalue weighted by Gasteiger charge is 2.25. The number of sulfonamides is 1. The van der Waals surface area contributed by atoms with E-state index in [1.165, 1.54) is 4.31 Å². The number of nitrogens with one attached hydrogen (secondary N) is 2. The van der Waals surface area contributed by atoms with Gasteiger partial charge in [-0.2, -0.15) is 4.31 Å². The summed E-state index contributed by atoms with van der Waals surface area (Å²) in [6.07, 6.45) is 3.28. The summed E-state index contributed by atoms with van der Waals surface area (Å²) in [4.78, 5) is 7.33. The van der Waals surface area contributed by atoms with Crippen LogP contribution in [0.5, 0.6) is 0 Å². The minimum atomic E-state index is -3.56. The molecule has 0 radical (unpaired) electrons. The van der Waals surface area contributed by atoms with Crippen LogP contribution in [-0.4, -0.2) is 36.8 Å². The second-order valence-electron chi connectivity index (χ2n) is 4.99. The number of anilines is 1. The van der Waals surface area contributed by atoms with Crippen LogP contribution >= 0.6 is 0 Å². The second-order valence-corrected chi connectivity index (χ2v) is 6.97. The van der Waals surface area contributed by atoms with Gasteiger partial charge in [-0.1, -0.05) is 0 Å². The van der Waals surface area contributed by atoms with Crippen LogP contribution in [0.1, 0.15) is 17.0 Å². The van der Waals surface area contributed by atoms with E-state index in [0.717, 1.165) is 16.8 Å². The fraction of sp³-hybridized carbons (Fsp3) is 0.357. The van der Waals surface area contributed by atoms with Gasteiger partial charge in [-0.15, -0.1) is 0 Å². The number of benzene rings is 1. The van der Waals surface area contributed by atoms with E-state index in [2.05, 4.69) is 15.3 Å². The molecule has 6 nitrogen and oxygen atoms in total. The average molecular weight is 308 g/mol. The quantitative estimate of drug-likeness (QED) is 0.884. The van der Waals surface area contributed by atoms with Gasteiger partial charge in [0.15, 0.2) is 0 Å². The molecule has 7 heteroatoms. The molecule has 2 aromatic rings. The normalized spacial score (nSPS) is 11.9. The van der Waals surface area contributed by atoms with E-state index >= 15 is 0 Å². The van der Waals surface area contributed by atoms with Gasteiger partial charge in [0, 0.05) is 32.2 Å². The van der Waals surface area contributed by atoms with Gasteiger partial charge in [0.1, 0.15) is 5.82 Å². The number of aryl methyl sites for hydroxylation is 2. The van der Waals surface area contributed by atoms with Gasteiger partial charge in [-0.25, -0.2) is 13.4 Å². The predicted octanol–water partition coefficient (Wildman–Crippen LogP) is 1.89. The lowest BCUT2D eigenvalue weighted by Gasteiger charge is -2.20.